The molecule has 21 heavy (non-hydrogen) atoms. The molecule has 1 aromatic rings. The van der Waals surface area contributed by atoms with Gasteiger partial charge in [0.25, 0.3) is 0 Å². The fourth-order valence-corrected chi connectivity index (χ4v) is 4.12. The number of hydrogen-bond donors (Lipinski definition) is 1. The van der Waals surface area contributed by atoms with Crippen molar-refractivity contribution in [1.82, 2.24) is 15.2 Å². The fraction of sp³-hybridized carbons (Fsp3) is 0.824. The van der Waals surface area contributed by atoms with Gasteiger partial charge < -0.3 is 5.32 Å². The van der Waals surface area contributed by atoms with Gasteiger partial charge in [0.05, 0.1) is 5.01 Å². The molecular weight excluding hydrogens is 278 g/mol. The summed E-state index contributed by atoms with van der Waals surface area (Å²) in [5.74, 6) is 0. The van der Waals surface area contributed by atoms with Crippen LogP contribution in [0.25, 0.3) is 0 Å². The highest BCUT2D eigenvalue weighted by atomic mass is 32.1. The number of hydrogen-bond acceptors (Lipinski definition) is 4. The van der Waals surface area contributed by atoms with Gasteiger partial charge in [0.2, 0.25) is 0 Å². The van der Waals surface area contributed by atoms with E-state index in [9.17, 15) is 0 Å². The molecule has 4 heteroatoms. The summed E-state index contributed by atoms with van der Waals surface area (Å²) in [4.78, 5) is 7.25. The number of thiazole rings is 1. The van der Waals surface area contributed by atoms with Crippen molar-refractivity contribution in [2.45, 2.75) is 70.9 Å². The van der Waals surface area contributed by atoms with E-state index in [4.69, 9.17) is 0 Å². The second-order valence-corrected chi connectivity index (χ2v) is 7.37. The Balaban J connectivity index is 2.13. The molecule has 1 aliphatic rings. The maximum absolute atomic E-state index is 4.52. The van der Waals surface area contributed by atoms with Crippen LogP contribution < -0.4 is 5.32 Å². The highest BCUT2D eigenvalue weighted by molar-refractivity contribution is 7.09. The number of piperidine rings is 1. The maximum Gasteiger partial charge on any atom is 0.0941 e. The molecule has 2 heterocycles. The highest BCUT2D eigenvalue weighted by Crippen LogP contribution is 2.29. The van der Waals surface area contributed by atoms with E-state index in [1.165, 1.54) is 50.2 Å². The minimum Gasteiger partial charge on any atom is -0.312 e. The molecule has 2 rings (SSSR count). The standard InChI is InChI=1S/C17H31N3S/c1-4-9-18-15(14-16-19-10-13-21-16)17(3,5-2)20-11-7-6-8-12-20/h10,13,15,18H,4-9,11-12,14H2,1-3H3. The lowest BCUT2D eigenvalue weighted by atomic mass is 9.83. The fourth-order valence-electron chi connectivity index (χ4n) is 3.45. The van der Waals surface area contributed by atoms with Gasteiger partial charge in [-0.1, -0.05) is 20.3 Å². The van der Waals surface area contributed by atoms with Gasteiger partial charge in [-0.05, 0) is 52.2 Å². The minimum absolute atomic E-state index is 0.237. The highest BCUT2D eigenvalue weighted by Gasteiger charge is 2.38. The average molecular weight is 310 g/mol. The first-order valence-corrected chi connectivity index (χ1v) is 9.45. The Hall–Kier alpha value is -0.450. The summed E-state index contributed by atoms with van der Waals surface area (Å²) in [7, 11) is 0. The van der Waals surface area contributed by atoms with Gasteiger partial charge in [0.15, 0.2) is 0 Å². The number of nitrogens with zero attached hydrogens (tertiary/aromatic N) is 2. The lowest BCUT2D eigenvalue weighted by molar-refractivity contribution is 0.0429. The number of nitrogens with one attached hydrogen (secondary N) is 1. The van der Waals surface area contributed by atoms with E-state index >= 15 is 0 Å². The van der Waals surface area contributed by atoms with Crippen molar-refractivity contribution in [2.75, 3.05) is 19.6 Å². The van der Waals surface area contributed by atoms with Crippen molar-refractivity contribution in [3.05, 3.63) is 16.6 Å². The van der Waals surface area contributed by atoms with Crippen molar-refractivity contribution in [3.63, 3.8) is 0 Å². The first-order valence-electron chi connectivity index (χ1n) is 8.57. The average Bonchev–Trinajstić information content (AvgIpc) is 3.04. The first kappa shape index (κ1) is 16.9. The van der Waals surface area contributed by atoms with Crippen LogP contribution >= 0.6 is 11.3 Å². The van der Waals surface area contributed by atoms with Gasteiger partial charge in [-0.3, -0.25) is 4.90 Å². The lowest BCUT2D eigenvalue weighted by Crippen LogP contribution is -2.61. The maximum atomic E-state index is 4.52. The number of rotatable bonds is 8. The zero-order chi connectivity index (χ0) is 15.1. The topological polar surface area (TPSA) is 28.2 Å². The van der Waals surface area contributed by atoms with Gasteiger partial charge >= 0.3 is 0 Å². The third-order valence-electron chi connectivity index (χ3n) is 5.05. The van der Waals surface area contributed by atoms with Gasteiger partial charge in [0.1, 0.15) is 0 Å². The molecule has 3 nitrogen and oxygen atoms in total. The van der Waals surface area contributed by atoms with Crippen LogP contribution in [0, 0.1) is 0 Å². The van der Waals surface area contributed by atoms with Crippen LogP contribution in [0.4, 0.5) is 0 Å². The van der Waals surface area contributed by atoms with Crippen LogP contribution in [-0.2, 0) is 6.42 Å². The lowest BCUT2D eigenvalue weighted by Gasteiger charge is -2.48. The van der Waals surface area contributed by atoms with Gasteiger partial charge in [0, 0.05) is 29.6 Å². The summed E-state index contributed by atoms with van der Waals surface area (Å²) in [5, 5.41) is 7.18. The van der Waals surface area contributed by atoms with Crippen molar-refractivity contribution in [1.29, 1.82) is 0 Å². The Morgan fingerprint density at radius 1 is 1.33 bits per heavy atom. The molecule has 1 N–H and O–H groups in total. The van der Waals surface area contributed by atoms with Gasteiger partial charge in [-0.2, -0.15) is 0 Å². The van der Waals surface area contributed by atoms with Crippen molar-refractivity contribution in [3.8, 4) is 0 Å². The van der Waals surface area contributed by atoms with Crippen LogP contribution in [0.3, 0.4) is 0 Å². The zero-order valence-corrected chi connectivity index (χ0v) is 14.7. The number of likely N-dealkylation sites (tertiary alicyclic amines) is 1. The summed E-state index contributed by atoms with van der Waals surface area (Å²) < 4.78 is 0. The Labute approximate surface area is 134 Å². The van der Waals surface area contributed by atoms with Crippen molar-refractivity contribution < 1.29 is 0 Å². The first-order chi connectivity index (χ1) is 10.2. The molecule has 1 saturated heterocycles. The molecule has 0 bridgehead atoms. The summed E-state index contributed by atoms with van der Waals surface area (Å²) in [5.41, 5.74) is 0.237. The number of aromatic nitrogens is 1. The Kier molecular flexibility index (Phi) is 6.65. The molecule has 120 valence electrons. The van der Waals surface area contributed by atoms with Crippen LogP contribution in [0.15, 0.2) is 11.6 Å². The molecule has 1 aliphatic heterocycles. The molecule has 2 unspecified atom stereocenters. The van der Waals surface area contributed by atoms with E-state index in [2.05, 4.69) is 41.4 Å². The van der Waals surface area contributed by atoms with Crippen LogP contribution in [0.1, 0.15) is 57.9 Å². The van der Waals surface area contributed by atoms with E-state index in [0.717, 1.165) is 13.0 Å². The van der Waals surface area contributed by atoms with Crippen molar-refractivity contribution in [2.24, 2.45) is 0 Å². The monoisotopic (exact) mass is 309 g/mol. The summed E-state index contributed by atoms with van der Waals surface area (Å²) >= 11 is 1.79. The second kappa shape index (κ2) is 8.25. The van der Waals surface area contributed by atoms with E-state index in [1.807, 2.05) is 6.20 Å². The van der Waals surface area contributed by atoms with Crippen LogP contribution in [0.5, 0.6) is 0 Å². The third kappa shape index (κ3) is 4.27. The molecule has 2 atom stereocenters. The normalized spacial score (nSPS) is 21.1. The molecule has 0 amide bonds. The Morgan fingerprint density at radius 3 is 2.67 bits per heavy atom. The SMILES string of the molecule is CCCNC(Cc1nccs1)C(C)(CC)N1CCCCC1. The Bertz CT molecular complexity index is 387. The van der Waals surface area contributed by atoms with Gasteiger partial charge in [-0.15, -0.1) is 11.3 Å². The molecular formula is C17H31N3S. The summed E-state index contributed by atoms with van der Waals surface area (Å²) in [6, 6.07) is 0.492. The Morgan fingerprint density at radius 2 is 2.10 bits per heavy atom. The van der Waals surface area contributed by atoms with E-state index in [1.54, 1.807) is 11.3 Å². The van der Waals surface area contributed by atoms with E-state index in [0.29, 0.717) is 6.04 Å². The van der Waals surface area contributed by atoms with E-state index in [-0.39, 0.29) is 5.54 Å². The quantitative estimate of drug-likeness (QED) is 0.793. The molecule has 0 spiro atoms. The van der Waals surface area contributed by atoms with Gasteiger partial charge in [-0.25, -0.2) is 4.98 Å². The molecule has 1 aromatic heterocycles. The van der Waals surface area contributed by atoms with Crippen LogP contribution in [-0.4, -0.2) is 41.1 Å². The van der Waals surface area contributed by atoms with Crippen molar-refractivity contribution >= 4 is 11.3 Å². The largest absolute Gasteiger partial charge is 0.312 e. The minimum atomic E-state index is 0.237. The zero-order valence-electron chi connectivity index (χ0n) is 13.9. The molecule has 0 saturated carbocycles. The predicted molar refractivity (Wildman–Crippen MR) is 92.0 cm³/mol. The molecule has 0 radical (unpaired) electrons. The predicted octanol–water partition coefficient (Wildman–Crippen LogP) is 3.71. The summed E-state index contributed by atoms with van der Waals surface area (Å²) in [6.45, 7) is 10.7. The summed E-state index contributed by atoms with van der Waals surface area (Å²) in [6.07, 6.45) is 9.48. The second-order valence-electron chi connectivity index (χ2n) is 6.40. The molecule has 1 fully saturated rings. The molecule has 0 aromatic carbocycles. The smallest absolute Gasteiger partial charge is 0.0941 e. The third-order valence-corrected chi connectivity index (χ3v) is 5.85. The van der Waals surface area contributed by atoms with Crippen LogP contribution in [0.2, 0.25) is 0 Å². The molecule has 0 aliphatic carbocycles. The van der Waals surface area contributed by atoms with E-state index < -0.39 is 0 Å².